The number of halogens is 2. The van der Waals surface area contributed by atoms with Gasteiger partial charge >= 0.3 is 0 Å². The Morgan fingerprint density at radius 2 is 1.79 bits per heavy atom. The Bertz CT molecular complexity index is 1430. The molecule has 0 aliphatic carbocycles. The van der Waals surface area contributed by atoms with E-state index >= 15 is 0 Å². The summed E-state index contributed by atoms with van der Waals surface area (Å²) in [7, 11) is 0. The van der Waals surface area contributed by atoms with E-state index < -0.39 is 17.1 Å². The van der Waals surface area contributed by atoms with Crippen LogP contribution in [-0.2, 0) is 16.2 Å². The van der Waals surface area contributed by atoms with Crippen LogP contribution in [0.3, 0.4) is 0 Å². The molecule has 0 atom stereocenters. The molecule has 7 nitrogen and oxygen atoms in total. The first-order valence-corrected chi connectivity index (χ1v) is 13.3. The normalized spacial score (nSPS) is 14.2. The molecule has 196 valence electrons. The summed E-state index contributed by atoms with van der Waals surface area (Å²) in [5, 5.41) is 3.14. The molecule has 1 aliphatic rings. The second-order valence-electron chi connectivity index (χ2n) is 8.31. The Kier molecular flexibility index (Phi) is 8.99. The number of hydrogen-bond donors (Lipinski definition) is 1. The number of imide groups is 1. The Morgan fingerprint density at radius 1 is 1.00 bits per heavy atom. The second kappa shape index (κ2) is 12.4. The molecule has 0 bridgehead atoms. The standard InChI is InChI=1S/C28H24Cl2N2O5S/c1-3-36-24-13-18(9-11-23(24)37-16-19-8-10-20(29)21(30)12-19)14-25-27(34)32(28(35)38-25)15-26(33)31-22-7-5-4-6-17(22)2/h4-14H,3,15-16H2,1-2H3,(H,31,33)/b25-14+. The molecule has 1 saturated heterocycles. The Balaban J connectivity index is 1.45. The number of carbonyl (C=O) groups is 3. The third-order valence-corrected chi connectivity index (χ3v) is 7.18. The van der Waals surface area contributed by atoms with Crippen molar-refractivity contribution in [3.05, 3.63) is 92.3 Å². The summed E-state index contributed by atoms with van der Waals surface area (Å²) in [4.78, 5) is 39.1. The smallest absolute Gasteiger partial charge is 0.294 e. The summed E-state index contributed by atoms with van der Waals surface area (Å²) in [6, 6.07) is 17.7. The van der Waals surface area contributed by atoms with Crippen LogP contribution in [0, 0.1) is 6.92 Å². The zero-order valence-electron chi connectivity index (χ0n) is 20.6. The molecule has 1 fully saturated rings. The maximum atomic E-state index is 12.9. The van der Waals surface area contributed by atoms with E-state index in [1.165, 1.54) is 0 Å². The van der Waals surface area contributed by atoms with Crippen LogP contribution in [-0.4, -0.2) is 35.1 Å². The van der Waals surface area contributed by atoms with Crippen LogP contribution in [0.1, 0.15) is 23.6 Å². The molecule has 0 unspecified atom stereocenters. The highest BCUT2D eigenvalue weighted by atomic mass is 35.5. The predicted octanol–water partition coefficient (Wildman–Crippen LogP) is 6.95. The summed E-state index contributed by atoms with van der Waals surface area (Å²) in [6.07, 6.45) is 1.59. The molecule has 1 N–H and O–H groups in total. The topological polar surface area (TPSA) is 84.9 Å². The van der Waals surface area contributed by atoms with Gasteiger partial charge in [-0.1, -0.05) is 53.5 Å². The summed E-state index contributed by atoms with van der Waals surface area (Å²) in [5.41, 5.74) is 2.99. The van der Waals surface area contributed by atoms with Gasteiger partial charge in [-0.05, 0) is 78.7 Å². The number of ether oxygens (including phenoxy) is 2. The van der Waals surface area contributed by atoms with Gasteiger partial charge in [0.05, 0.1) is 21.6 Å². The number of para-hydroxylation sites is 1. The Labute approximate surface area is 234 Å². The van der Waals surface area contributed by atoms with Crippen molar-refractivity contribution in [1.29, 1.82) is 0 Å². The average Bonchev–Trinajstić information content (AvgIpc) is 3.14. The highest BCUT2D eigenvalue weighted by Crippen LogP contribution is 2.35. The number of carbonyl (C=O) groups excluding carboxylic acids is 3. The van der Waals surface area contributed by atoms with Crippen LogP contribution in [0.2, 0.25) is 10.0 Å². The summed E-state index contributed by atoms with van der Waals surface area (Å²) >= 11 is 12.8. The van der Waals surface area contributed by atoms with Gasteiger partial charge in [0.2, 0.25) is 5.91 Å². The number of rotatable bonds is 9. The number of nitrogens with zero attached hydrogens (tertiary/aromatic N) is 1. The molecule has 4 rings (SSSR count). The van der Waals surface area contributed by atoms with Gasteiger partial charge in [0.15, 0.2) is 11.5 Å². The maximum absolute atomic E-state index is 12.9. The highest BCUT2D eigenvalue weighted by Gasteiger charge is 2.36. The molecule has 0 aromatic heterocycles. The molecule has 3 aromatic carbocycles. The fourth-order valence-corrected chi connectivity index (χ4v) is 4.79. The molecule has 1 heterocycles. The van der Waals surface area contributed by atoms with Crippen LogP contribution in [0.25, 0.3) is 6.08 Å². The van der Waals surface area contributed by atoms with E-state index in [4.69, 9.17) is 32.7 Å². The molecular weight excluding hydrogens is 547 g/mol. The van der Waals surface area contributed by atoms with Crippen molar-refractivity contribution >= 4 is 63.8 Å². The fourth-order valence-electron chi connectivity index (χ4n) is 3.63. The minimum atomic E-state index is -0.530. The number of aryl methyl sites for hydroxylation is 1. The lowest BCUT2D eigenvalue weighted by molar-refractivity contribution is -0.127. The number of benzene rings is 3. The van der Waals surface area contributed by atoms with Gasteiger partial charge in [-0.25, -0.2) is 0 Å². The van der Waals surface area contributed by atoms with Crippen LogP contribution in [0.15, 0.2) is 65.6 Å². The van der Waals surface area contributed by atoms with Crippen LogP contribution in [0.5, 0.6) is 11.5 Å². The van der Waals surface area contributed by atoms with Crippen molar-refractivity contribution in [3.8, 4) is 11.5 Å². The lowest BCUT2D eigenvalue weighted by Crippen LogP contribution is -2.36. The molecule has 0 saturated carbocycles. The SMILES string of the molecule is CCOc1cc(/C=C2/SC(=O)N(CC(=O)Nc3ccccc3C)C2=O)ccc1OCc1ccc(Cl)c(Cl)c1. The number of nitrogens with one attached hydrogen (secondary N) is 1. The van der Waals surface area contributed by atoms with Crippen molar-refractivity contribution in [1.82, 2.24) is 4.90 Å². The van der Waals surface area contributed by atoms with Gasteiger partial charge in [0, 0.05) is 5.69 Å². The number of thioether (sulfide) groups is 1. The lowest BCUT2D eigenvalue weighted by atomic mass is 10.1. The Hall–Kier alpha value is -3.46. The largest absolute Gasteiger partial charge is 0.490 e. The van der Waals surface area contributed by atoms with Gasteiger partial charge in [-0.3, -0.25) is 19.3 Å². The van der Waals surface area contributed by atoms with Crippen LogP contribution < -0.4 is 14.8 Å². The van der Waals surface area contributed by atoms with Crippen molar-refractivity contribution in [2.75, 3.05) is 18.5 Å². The van der Waals surface area contributed by atoms with Gasteiger partial charge in [-0.15, -0.1) is 0 Å². The number of anilines is 1. The average molecular weight is 571 g/mol. The first-order valence-electron chi connectivity index (χ1n) is 11.7. The van der Waals surface area contributed by atoms with Gasteiger partial charge in [-0.2, -0.15) is 0 Å². The molecule has 1 aliphatic heterocycles. The van der Waals surface area contributed by atoms with E-state index in [-0.39, 0.29) is 18.1 Å². The van der Waals surface area contributed by atoms with Crippen molar-refractivity contribution in [2.45, 2.75) is 20.5 Å². The number of amides is 3. The van der Waals surface area contributed by atoms with E-state index in [1.807, 2.05) is 32.0 Å². The zero-order chi connectivity index (χ0) is 27.2. The van der Waals surface area contributed by atoms with Gasteiger partial charge in [0.1, 0.15) is 13.2 Å². The molecular formula is C28H24Cl2N2O5S. The molecule has 10 heteroatoms. The second-order valence-corrected chi connectivity index (χ2v) is 10.1. The summed E-state index contributed by atoms with van der Waals surface area (Å²) in [5.74, 6) is 0.0111. The van der Waals surface area contributed by atoms with E-state index in [9.17, 15) is 14.4 Å². The van der Waals surface area contributed by atoms with Crippen molar-refractivity contribution in [2.24, 2.45) is 0 Å². The van der Waals surface area contributed by atoms with E-state index in [0.717, 1.165) is 27.8 Å². The molecule has 0 radical (unpaired) electrons. The lowest BCUT2D eigenvalue weighted by Gasteiger charge is -2.14. The molecule has 3 aromatic rings. The van der Waals surface area contributed by atoms with E-state index in [1.54, 1.807) is 48.5 Å². The quantitative estimate of drug-likeness (QED) is 0.280. The van der Waals surface area contributed by atoms with Gasteiger partial charge < -0.3 is 14.8 Å². The van der Waals surface area contributed by atoms with Gasteiger partial charge in [0.25, 0.3) is 11.1 Å². The minimum Gasteiger partial charge on any atom is -0.490 e. The fraction of sp³-hybridized carbons (Fsp3) is 0.179. The third-order valence-electron chi connectivity index (χ3n) is 5.54. The monoisotopic (exact) mass is 570 g/mol. The van der Waals surface area contributed by atoms with Crippen molar-refractivity contribution in [3.63, 3.8) is 0 Å². The first-order chi connectivity index (χ1) is 18.2. The summed E-state index contributed by atoms with van der Waals surface area (Å²) < 4.78 is 11.7. The molecule has 38 heavy (non-hydrogen) atoms. The van der Waals surface area contributed by atoms with E-state index in [2.05, 4.69) is 5.32 Å². The minimum absolute atomic E-state index is 0.214. The maximum Gasteiger partial charge on any atom is 0.294 e. The number of hydrogen-bond acceptors (Lipinski definition) is 6. The molecule has 3 amide bonds. The van der Waals surface area contributed by atoms with Crippen molar-refractivity contribution < 1.29 is 23.9 Å². The first kappa shape index (κ1) is 27.6. The van der Waals surface area contributed by atoms with Crippen LogP contribution >= 0.6 is 35.0 Å². The molecule has 0 spiro atoms. The highest BCUT2D eigenvalue weighted by molar-refractivity contribution is 8.18. The third kappa shape index (κ3) is 6.69. The van der Waals surface area contributed by atoms with Crippen LogP contribution in [0.4, 0.5) is 10.5 Å². The zero-order valence-corrected chi connectivity index (χ0v) is 23.0. The predicted molar refractivity (Wildman–Crippen MR) is 151 cm³/mol. The summed E-state index contributed by atoms with van der Waals surface area (Å²) in [6.45, 7) is 3.99. The van der Waals surface area contributed by atoms with E-state index in [0.29, 0.717) is 39.4 Å². The Morgan fingerprint density at radius 3 is 2.53 bits per heavy atom.